The van der Waals surface area contributed by atoms with Gasteiger partial charge in [-0.3, -0.25) is 0 Å². The molecule has 0 aromatic carbocycles. The Morgan fingerprint density at radius 2 is 2.64 bits per heavy atom. The van der Waals surface area contributed by atoms with Gasteiger partial charge in [-0.1, -0.05) is 0 Å². The van der Waals surface area contributed by atoms with Gasteiger partial charge in [0, 0.05) is 29.6 Å². The van der Waals surface area contributed by atoms with Crippen molar-refractivity contribution in [2.24, 2.45) is 5.73 Å². The van der Waals surface area contributed by atoms with Crippen LogP contribution in [0.4, 0.5) is 5.69 Å². The van der Waals surface area contributed by atoms with Gasteiger partial charge in [0.2, 0.25) is 0 Å². The lowest BCUT2D eigenvalue weighted by molar-refractivity contribution is 0.648. The maximum Gasteiger partial charge on any atom is 0.0484 e. The van der Waals surface area contributed by atoms with E-state index in [1.54, 1.807) is 0 Å². The van der Waals surface area contributed by atoms with E-state index in [1.807, 2.05) is 11.3 Å². The molecule has 2 heterocycles. The highest BCUT2D eigenvalue weighted by Gasteiger charge is 2.19. The fraction of sp³-hybridized carbons (Fsp3) is 0.500. The van der Waals surface area contributed by atoms with Crippen LogP contribution in [-0.4, -0.2) is 13.1 Å². The SMILES string of the molecule is NCC1CCNc2ccsc21. The Balaban J connectivity index is 2.32. The van der Waals surface area contributed by atoms with Gasteiger partial charge >= 0.3 is 0 Å². The predicted molar refractivity (Wildman–Crippen MR) is 49.2 cm³/mol. The summed E-state index contributed by atoms with van der Waals surface area (Å²) >= 11 is 1.82. The Labute approximate surface area is 70.4 Å². The molecule has 3 N–H and O–H groups in total. The van der Waals surface area contributed by atoms with Crippen LogP contribution in [0, 0.1) is 0 Å². The van der Waals surface area contributed by atoms with Crippen LogP contribution in [0.25, 0.3) is 0 Å². The van der Waals surface area contributed by atoms with Gasteiger partial charge in [0.25, 0.3) is 0 Å². The maximum atomic E-state index is 5.66. The molecule has 0 saturated carbocycles. The Morgan fingerprint density at radius 3 is 3.45 bits per heavy atom. The largest absolute Gasteiger partial charge is 0.384 e. The third-order valence-corrected chi connectivity index (χ3v) is 3.24. The molecule has 60 valence electrons. The van der Waals surface area contributed by atoms with E-state index in [2.05, 4.69) is 16.8 Å². The Bertz CT molecular complexity index is 244. The van der Waals surface area contributed by atoms with Crippen LogP contribution in [0.5, 0.6) is 0 Å². The van der Waals surface area contributed by atoms with E-state index in [-0.39, 0.29) is 0 Å². The van der Waals surface area contributed by atoms with Gasteiger partial charge in [0.15, 0.2) is 0 Å². The summed E-state index contributed by atoms with van der Waals surface area (Å²) in [5, 5.41) is 5.49. The van der Waals surface area contributed by atoms with E-state index < -0.39 is 0 Å². The van der Waals surface area contributed by atoms with E-state index in [0.29, 0.717) is 5.92 Å². The van der Waals surface area contributed by atoms with Gasteiger partial charge in [-0.15, -0.1) is 11.3 Å². The van der Waals surface area contributed by atoms with Crippen molar-refractivity contribution in [3.8, 4) is 0 Å². The van der Waals surface area contributed by atoms with Crippen LogP contribution in [0.2, 0.25) is 0 Å². The number of fused-ring (bicyclic) bond motifs is 1. The van der Waals surface area contributed by atoms with Gasteiger partial charge in [-0.25, -0.2) is 0 Å². The third kappa shape index (κ3) is 1.14. The zero-order chi connectivity index (χ0) is 7.68. The maximum absolute atomic E-state index is 5.66. The number of nitrogens with two attached hydrogens (primary N) is 1. The molecular formula is C8H12N2S. The average molecular weight is 168 g/mol. The van der Waals surface area contributed by atoms with Crippen LogP contribution in [0.1, 0.15) is 17.2 Å². The second kappa shape index (κ2) is 2.83. The number of rotatable bonds is 1. The van der Waals surface area contributed by atoms with E-state index >= 15 is 0 Å². The average Bonchev–Trinajstić information content (AvgIpc) is 2.50. The van der Waals surface area contributed by atoms with Crippen molar-refractivity contribution in [2.75, 3.05) is 18.4 Å². The van der Waals surface area contributed by atoms with Crippen molar-refractivity contribution < 1.29 is 0 Å². The predicted octanol–water partition coefficient (Wildman–Crippen LogP) is 1.61. The van der Waals surface area contributed by atoms with Gasteiger partial charge in [0.1, 0.15) is 0 Å². The molecule has 0 bridgehead atoms. The van der Waals surface area contributed by atoms with Crippen LogP contribution in [0.3, 0.4) is 0 Å². The van der Waals surface area contributed by atoms with E-state index in [0.717, 1.165) is 13.1 Å². The van der Waals surface area contributed by atoms with Crippen molar-refractivity contribution in [1.82, 2.24) is 0 Å². The fourth-order valence-electron chi connectivity index (χ4n) is 1.52. The monoisotopic (exact) mass is 168 g/mol. The van der Waals surface area contributed by atoms with E-state index in [9.17, 15) is 0 Å². The molecule has 1 aliphatic heterocycles. The molecule has 0 saturated heterocycles. The highest BCUT2D eigenvalue weighted by Crippen LogP contribution is 2.34. The summed E-state index contributed by atoms with van der Waals surface area (Å²) in [5.41, 5.74) is 6.96. The van der Waals surface area contributed by atoms with Crippen LogP contribution < -0.4 is 11.1 Å². The minimum Gasteiger partial charge on any atom is -0.384 e. The third-order valence-electron chi connectivity index (χ3n) is 2.16. The smallest absolute Gasteiger partial charge is 0.0484 e. The van der Waals surface area contributed by atoms with Crippen molar-refractivity contribution in [1.29, 1.82) is 0 Å². The summed E-state index contributed by atoms with van der Waals surface area (Å²) in [6.45, 7) is 1.86. The van der Waals surface area contributed by atoms with Crippen LogP contribution in [-0.2, 0) is 0 Å². The summed E-state index contributed by atoms with van der Waals surface area (Å²) in [4.78, 5) is 1.44. The molecule has 1 unspecified atom stereocenters. The summed E-state index contributed by atoms with van der Waals surface area (Å²) in [5.74, 6) is 0.603. The molecular weight excluding hydrogens is 156 g/mol. The highest BCUT2D eigenvalue weighted by atomic mass is 32.1. The first-order valence-electron chi connectivity index (χ1n) is 3.93. The van der Waals surface area contributed by atoms with Crippen LogP contribution >= 0.6 is 11.3 Å². The lowest BCUT2D eigenvalue weighted by Gasteiger charge is -2.21. The normalized spacial score (nSPS) is 22.5. The summed E-state index contributed by atoms with van der Waals surface area (Å²) in [6, 6.07) is 2.14. The molecule has 2 rings (SSSR count). The Morgan fingerprint density at radius 1 is 1.73 bits per heavy atom. The van der Waals surface area contributed by atoms with Gasteiger partial charge in [-0.2, -0.15) is 0 Å². The second-order valence-corrected chi connectivity index (χ2v) is 3.79. The van der Waals surface area contributed by atoms with Crippen molar-refractivity contribution >= 4 is 17.0 Å². The Kier molecular flexibility index (Phi) is 1.84. The molecule has 0 radical (unpaired) electrons. The second-order valence-electron chi connectivity index (χ2n) is 2.85. The quantitative estimate of drug-likeness (QED) is 0.668. The molecule has 1 aromatic rings. The summed E-state index contributed by atoms with van der Waals surface area (Å²) < 4.78 is 0. The molecule has 1 aliphatic rings. The van der Waals surface area contributed by atoms with Crippen molar-refractivity contribution in [2.45, 2.75) is 12.3 Å². The Hall–Kier alpha value is -0.540. The van der Waals surface area contributed by atoms with E-state index in [4.69, 9.17) is 5.73 Å². The molecule has 1 atom stereocenters. The van der Waals surface area contributed by atoms with Crippen molar-refractivity contribution in [3.05, 3.63) is 16.3 Å². The molecule has 0 amide bonds. The zero-order valence-electron chi connectivity index (χ0n) is 6.34. The first-order valence-corrected chi connectivity index (χ1v) is 4.81. The first kappa shape index (κ1) is 7.13. The molecule has 0 spiro atoms. The summed E-state index contributed by atoms with van der Waals surface area (Å²) in [7, 11) is 0. The number of hydrogen-bond donors (Lipinski definition) is 2. The lowest BCUT2D eigenvalue weighted by atomic mass is 10.00. The van der Waals surface area contributed by atoms with Gasteiger partial charge in [-0.05, 0) is 17.9 Å². The number of anilines is 1. The molecule has 0 fully saturated rings. The van der Waals surface area contributed by atoms with Gasteiger partial charge in [0.05, 0.1) is 0 Å². The molecule has 11 heavy (non-hydrogen) atoms. The molecule has 1 aromatic heterocycles. The van der Waals surface area contributed by atoms with Gasteiger partial charge < -0.3 is 11.1 Å². The topological polar surface area (TPSA) is 38.0 Å². The number of nitrogens with one attached hydrogen (secondary N) is 1. The zero-order valence-corrected chi connectivity index (χ0v) is 7.16. The molecule has 3 heteroatoms. The fourth-order valence-corrected chi connectivity index (χ4v) is 2.54. The minimum atomic E-state index is 0.603. The van der Waals surface area contributed by atoms with E-state index in [1.165, 1.54) is 17.0 Å². The molecule has 0 aliphatic carbocycles. The number of thiophene rings is 1. The lowest BCUT2D eigenvalue weighted by Crippen LogP contribution is -2.20. The van der Waals surface area contributed by atoms with Crippen LogP contribution in [0.15, 0.2) is 11.4 Å². The molecule has 2 nitrogen and oxygen atoms in total. The standard InChI is InChI=1S/C8H12N2S/c9-5-6-1-3-10-7-2-4-11-8(6)7/h2,4,6,10H,1,3,5,9H2. The number of hydrogen-bond acceptors (Lipinski definition) is 3. The van der Waals surface area contributed by atoms with Crippen molar-refractivity contribution in [3.63, 3.8) is 0 Å². The minimum absolute atomic E-state index is 0.603. The summed E-state index contributed by atoms with van der Waals surface area (Å²) in [6.07, 6.45) is 1.18. The first-order chi connectivity index (χ1) is 5.42. The highest BCUT2D eigenvalue weighted by molar-refractivity contribution is 7.10.